The highest BCUT2D eigenvalue weighted by Gasteiger charge is 2.21. The van der Waals surface area contributed by atoms with E-state index in [0.29, 0.717) is 6.42 Å². The smallest absolute Gasteiger partial charge is 0.330 e. The van der Waals surface area contributed by atoms with Gasteiger partial charge in [0.2, 0.25) is 5.82 Å². The first-order valence-corrected chi connectivity index (χ1v) is 5.10. The van der Waals surface area contributed by atoms with Gasteiger partial charge in [-0.2, -0.15) is 0 Å². The van der Waals surface area contributed by atoms with Gasteiger partial charge >= 0.3 is 11.7 Å². The highest BCUT2D eigenvalue weighted by Crippen LogP contribution is 2.23. The molecule has 94 valence electrons. The number of nitrogens with zero attached hydrogens (tertiary/aromatic N) is 3. The van der Waals surface area contributed by atoms with Crippen molar-refractivity contribution in [3.63, 3.8) is 0 Å². The first-order valence-electron chi connectivity index (χ1n) is 5.10. The molecule has 0 aliphatic rings. The molecule has 1 heterocycles. The fourth-order valence-electron chi connectivity index (χ4n) is 1.41. The van der Waals surface area contributed by atoms with E-state index in [2.05, 4.69) is 10.4 Å². The number of aromatic nitrogens is 2. The van der Waals surface area contributed by atoms with Gasteiger partial charge in [0.05, 0.1) is 11.3 Å². The molecular formula is C9H14N4O4. The van der Waals surface area contributed by atoms with Crippen molar-refractivity contribution in [3.8, 4) is 0 Å². The lowest BCUT2D eigenvalue weighted by atomic mass is 10.1. The summed E-state index contributed by atoms with van der Waals surface area (Å²) in [4.78, 5) is 20.8. The van der Waals surface area contributed by atoms with E-state index in [1.165, 1.54) is 10.9 Å². The Balaban J connectivity index is 2.85. The first kappa shape index (κ1) is 12.9. The molecule has 1 aromatic heterocycles. The van der Waals surface area contributed by atoms with Crippen LogP contribution in [0.3, 0.4) is 0 Å². The molecule has 0 radical (unpaired) electrons. The number of rotatable bonds is 6. The standard InChI is InChI=1S/C9H14N4O4/c1-3-6(4-8(14)15)10-9-7(13(16)17)5-12(2)11-9/h5-6H,3-4H2,1-2H3,(H,10,11)(H,14,15). The zero-order valence-electron chi connectivity index (χ0n) is 9.58. The molecule has 8 heteroatoms. The number of anilines is 1. The SMILES string of the molecule is CCC(CC(=O)O)Nc1nn(C)cc1[N+](=O)[O-]. The third kappa shape index (κ3) is 3.44. The van der Waals surface area contributed by atoms with Crippen molar-refractivity contribution in [2.24, 2.45) is 7.05 Å². The molecule has 0 spiro atoms. The molecule has 0 fully saturated rings. The molecule has 0 saturated carbocycles. The van der Waals surface area contributed by atoms with Crippen molar-refractivity contribution in [1.82, 2.24) is 9.78 Å². The highest BCUT2D eigenvalue weighted by atomic mass is 16.6. The second kappa shape index (κ2) is 5.28. The van der Waals surface area contributed by atoms with E-state index in [1.807, 2.05) is 0 Å². The third-order valence-corrected chi connectivity index (χ3v) is 2.26. The van der Waals surface area contributed by atoms with Gasteiger partial charge in [0, 0.05) is 13.1 Å². The Hall–Kier alpha value is -2.12. The summed E-state index contributed by atoms with van der Waals surface area (Å²) in [5, 5.41) is 26.1. The van der Waals surface area contributed by atoms with Gasteiger partial charge < -0.3 is 10.4 Å². The Labute approximate surface area is 97.4 Å². The number of hydrogen-bond acceptors (Lipinski definition) is 5. The lowest BCUT2D eigenvalue weighted by Gasteiger charge is -2.13. The number of aliphatic carboxylic acids is 1. The molecule has 0 aliphatic carbocycles. The molecule has 2 N–H and O–H groups in total. The van der Waals surface area contributed by atoms with Crippen molar-refractivity contribution in [1.29, 1.82) is 0 Å². The maximum Gasteiger partial charge on any atom is 0.330 e. The van der Waals surface area contributed by atoms with Crippen LogP contribution in [0.1, 0.15) is 19.8 Å². The van der Waals surface area contributed by atoms with Crippen LogP contribution < -0.4 is 5.32 Å². The topological polar surface area (TPSA) is 110 Å². The summed E-state index contributed by atoms with van der Waals surface area (Å²) in [5.41, 5.74) is -0.156. The number of nitro groups is 1. The van der Waals surface area contributed by atoms with Crippen molar-refractivity contribution < 1.29 is 14.8 Å². The minimum absolute atomic E-state index is 0.102. The van der Waals surface area contributed by atoms with Gasteiger partial charge in [-0.15, -0.1) is 5.10 Å². The van der Waals surface area contributed by atoms with Crippen LogP contribution in [0.15, 0.2) is 6.20 Å². The van der Waals surface area contributed by atoms with Crippen molar-refractivity contribution in [2.45, 2.75) is 25.8 Å². The number of carboxylic acids is 1. The van der Waals surface area contributed by atoms with Gasteiger partial charge in [0.15, 0.2) is 0 Å². The summed E-state index contributed by atoms with van der Waals surface area (Å²) >= 11 is 0. The van der Waals surface area contributed by atoms with Crippen LogP contribution in [0.2, 0.25) is 0 Å². The van der Waals surface area contributed by atoms with E-state index < -0.39 is 10.9 Å². The van der Waals surface area contributed by atoms with E-state index in [9.17, 15) is 14.9 Å². The molecule has 0 aromatic carbocycles. The second-order valence-corrected chi connectivity index (χ2v) is 3.64. The molecule has 1 unspecified atom stereocenters. The summed E-state index contributed by atoms with van der Waals surface area (Å²) in [5.74, 6) is -0.853. The van der Waals surface area contributed by atoms with Gasteiger partial charge in [0.1, 0.15) is 6.20 Å². The van der Waals surface area contributed by atoms with Gasteiger partial charge in [-0.3, -0.25) is 19.6 Å². The lowest BCUT2D eigenvalue weighted by molar-refractivity contribution is -0.384. The van der Waals surface area contributed by atoms with Crippen molar-refractivity contribution in [3.05, 3.63) is 16.3 Å². The minimum Gasteiger partial charge on any atom is -0.481 e. The highest BCUT2D eigenvalue weighted by molar-refractivity contribution is 5.68. The van der Waals surface area contributed by atoms with E-state index >= 15 is 0 Å². The van der Waals surface area contributed by atoms with Gasteiger partial charge in [-0.1, -0.05) is 6.92 Å². The van der Waals surface area contributed by atoms with Crippen LogP contribution in [0.4, 0.5) is 11.5 Å². The third-order valence-electron chi connectivity index (χ3n) is 2.26. The molecule has 0 amide bonds. The lowest BCUT2D eigenvalue weighted by Crippen LogP contribution is -2.23. The molecule has 1 atom stereocenters. The van der Waals surface area contributed by atoms with Crippen LogP contribution in [0.25, 0.3) is 0 Å². The largest absolute Gasteiger partial charge is 0.481 e. The van der Waals surface area contributed by atoms with E-state index in [4.69, 9.17) is 5.11 Å². The maximum absolute atomic E-state index is 10.7. The average molecular weight is 242 g/mol. The number of hydrogen-bond donors (Lipinski definition) is 2. The summed E-state index contributed by atoms with van der Waals surface area (Å²) in [6, 6.07) is -0.374. The maximum atomic E-state index is 10.7. The molecular weight excluding hydrogens is 228 g/mol. The number of carboxylic acid groups (broad SMARTS) is 1. The normalized spacial score (nSPS) is 12.1. The zero-order chi connectivity index (χ0) is 13.0. The van der Waals surface area contributed by atoms with Crippen molar-refractivity contribution >= 4 is 17.5 Å². The van der Waals surface area contributed by atoms with Crippen molar-refractivity contribution in [2.75, 3.05) is 5.32 Å². The Bertz CT molecular complexity index is 429. The van der Waals surface area contributed by atoms with Crippen LogP contribution in [0.5, 0.6) is 0 Å². The predicted molar refractivity (Wildman–Crippen MR) is 59.8 cm³/mol. The van der Waals surface area contributed by atoms with E-state index in [0.717, 1.165) is 0 Å². The summed E-state index contributed by atoms with van der Waals surface area (Å²) in [6.45, 7) is 1.80. The molecule has 0 bridgehead atoms. The fraction of sp³-hybridized carbons (Fsp3) is 0.556. The molecule has 8 nitrogen and oxygen atoms in total. The second-order valence-electron chi connectivity index (χ2n) is 3.64. The molecule has 1 aromatic rings. The predicted octanol–water partition coefficient (Wildman–Crippen LogP) is 0.993. The van der Waals surface area contributed by atoms with Gasteiger partial charge in [-0.05, 0) is 6.42 Å². The quantitative estimate of drug-likeness (QED) is 0.568. The Kier molecular flexibility index (Phi) is 4.02. The van der Waals surface area contributed by atoms with Crippen LogP contribution in [0, 0.1) is 10.1 Å². The van der Waals surface area contributed by atoms with Gasteiger partial charge in [-0.25, -0.2) is 0 Å². The summed E-state index contributed by atoms with van der Waals surface area (Å²) in [6.07, 6.45) is 1.71. The Morgan fingerprint density at radius 2 is 2.41 bits per heavy atom. The van der Waals surface area contributed by atoms with E-state index in [1.54, 1.807) is 14.0 Å². The molecule has 17 heavy (non-hydrogen) atoms. The number of nitrogens with one attached hydrogen (secondary N) is 1. The molecule has 0 saturated heterocycles. The minimum atomic E-state index is -0.956. The Morgan fingerprint density at radius 1 is 1.76 bits per heavy atom. The van der Waals surface area contributed by atoms with E-state index in [-0.39, 0.29) is 24.0 Å². The zero-order valence-corrected chi connectivity index (χ0v) is 9.58. The van der Waals surface area contributed by atoms with Gasteiger partial charge in [0.25, 0.3) is 0 Å². The van der Waals surface area contributed by atoms with Crippen LogP contribution in [-0.4, -0.2) is 31.8 Å². The van der Waals surface area contributed by atoms with Crippen LogP contribution >= 0.6 is 0 Å². The summed E-state index contributed by atoms with van der Waals surface area (Å²) in [7, 11) is 1.57. The monoisotopic (exact) mass is 242 g/mol. The molecule has 1 rings (SSSR count). The fourth-order valence-corrected chi connectivity index (χ4v) is 1.41. The summed E-state index contributed by atoms with van der Waals surface area (Å²) < 4.78 is 1.31. The number of carbonyl (C=O) groups is 1. The first-order chi connectivity index (χ1) is 7.93. The average Bonchev–Trinajstić information content (AvgIpc) is 2.58. The van der Waals surface area contributed by atoms with Crippen LogP contribution in [-0.2, 0) is 11.8 Å². The molecule has 0 aliphatic heterocycles. The number of aryl methyl sites for hydroxylation is 1. The Morgan fingerprint density at radius 3 is 2.88 bits per heavy atom.